The fourth-order valence-corrected chi connectivity index (χ4v) is 0.367. The zero-order valence-electron chi connectivity index (χ0n) is 6.24. The molecule has 1 atom stereocenters. The van der Waals surface area contributed by atoms with Crippen LogP contribution in [-0.4, -0.2) is 15.3 Å². The van der Waals surface area contributed by atoms with Crippen molar-refractivity contribution < 1.29 is 52.1 Å². The summed E-state index contributed by atoms with van der Waals surface area (Å²) in [4.78, 5) is 8.74. The maximum atomic E-state index is 10.7. The number of hydrogen-bond acceptors (Lipinski definition) is 3. The molecule has 0 aliphatic heterocycles. The van der Waals surface area contributed by atoms with Crippen molar-refractivity contribution in [1.82, 2.24) is 0 Å². The minimum atomic E-state index is -3.80. The van der Waals surface area contributed by atoms with Crippen molar-refractivity contribution in [3.63, 3.8) is 0 Å². The summed E-state index contributed by atoms with van der Waals surface area (Å²) in [6.07, 6.45) is 0. The second kappa shape index (κ2) is 4.29. The van der Waals surface area contributed by atoms with E-state index in [9.17, 15) is 4.57 Å². The Bertz CT molecular complexity index is 141. The summed E-state index contributed by atoms with van der Waals surface area (Å²) in [6.45, 7) is 4.51. The molecule has 0 bridgehead atoms. The first-order valence-electron chi connectivity index (χ1n) is 2.47. The summed E-state index contributed by atoms with van der Waals surface area (Å²) in [5.74, 6) is 0. The van der Waals surface area contributed by atoms with Crippen LogP contribution in [-0.2, 0) is 41.9 Å². The molecule has 0 aliphatic rings. The van der Waals surface area contributed by atoms with Crippen LogP contribution in [0.5, 0.6) is 0 Å². The van der Waals surface area contributed by atoms with Gasteiger partial charge in [0.1, 0.15) is 0 Å². The van der Waals surface area contributed by atoms with Crippen molar-refractivity contribution in [3.8, 4) is 0 Å². The van der Waals surface area contributed by atoms with E-state index in [0.29, 0.717) is 0 Å². The Kier molecular flexibility index (Phi) is 5.91. The van der Waals surface area contributed by atoms with Crippen LogP contribution in [0.4, 0.5) is 0 Å². The van der Waals surface area contributed by atoms with Crippen LogP contribution in [0.25, 0.3) is 0 Å². The van der Waals surface area contributed by atoms with Gasteiger partial charge in [-0.3, -0.25) is 4.57 Å². The fourth-order valence-electron chi connectivity index (χ4n) is 0.122. The molecule has 0 aromatic carbocycles. The molecule has 0 saturated carbocycles. The summed E-state index contributed by atoms with van der Waals surface area (Å²) in [5, 5.41) is 7.00. The van der Waals surface area contributed by atoms with E-state index >= 15 is 0 Å². The Morgan fingerprint density at radius 2 is 1.70 bits per heavy atom. The molecule has 10 heavy (non-hydrogen) atoms. The first-order chi connectivity index (χ1) is 3.81. The normalized spacial score (nSPS) is 17.3. The molecule has 4 nitrogen and oxygen atoms in total. The molecule has 1 unspecified atom stereocenters. The van der Waals surface area contributed by atoms with Crippen molar-refractivity contribution in [2.45, 2.75) is 25.9 Å². The van der Waals surface area contributed by atoms with Crippen LogP contribution in [0, 0.1) is 0 Å². The van der Waals surface area contributed by atoms with Gasteiger partial charge in [-0.05, 0) is 20.8 Å². The molecule has 2 N–H and O–H groups in total. The van der Waals surface area contributed by atoms with Crippen LogP contribution < -0.4 is 0 Å². The molecule has 59 valence electrons. The molecule has 0 fully saturated rings. The molecule has 6 heteroatoms. The van der Waals surface area contributed by atoms with Gasteiger partial charge in [0.05, 0.1) is 5.16 Å². The molecular weight excluding hydrogens is 232 g/mol. The van der Waals surface area contributed by atoms with Crippen LogP contribution in [0.15, 0.2) is 0 Å². The quantitative estimate of drug-likeness (QED) is 0.415. The average Bonchev–Trinajstić information content (AvgIpc) is 1.64. The smallest absolute Gasteiger partial charge is 0.322 e. The first kappa shape index (κ1) is 13.8. The van der Waals surface area contributed by atoms with Crippen LogP contribution >= 0.6 is 7.60 Å². The monoisotopic (exact) mass is 243 g/mol. The number of rotatable bonds is 1. The summed E-state index contributed by atoms with van der Waals surface area (Å²) >= 11 is 0. The Labute approximate surface area is 85.3 Å². The molecule has 0 amide bonds. The zero-order valence-corrected chi connectivity index (χ0v) is 9.97. The Balaban J connectivity index is 0. The van der Waals surface area contributed by atoms with Gasteiger partial charge in [-0.2, -0.15) is 4.67 Å². The van der Waals surface area contributed by atoms with Crippen molar-refractivity contribution in [3.05, 3.63) is 0 Å². The third kappa shape index (κ3) is 3.56. The molecule has 1 radical (unpaired) electrons. The largest absolute Gasteiger partial charge is 0.360 e. The predicted molar refractivity (Wildman–Crippen MR) is 33.3 cm³/mol. The first-order valence-corrected chi connectivity index (χ1v) is 4.05. The summed E-state index contributed by atoms with van der Waals surface area (Å²) in [6, 6.07) is 0. The third-order valence-corrected chi connectivity index (χ3v) is 2.88. The number of hydrogen-bond donors (Lipinski definition) is 2. The molecule has 0 aromatic heterocycles. The van der Waals surface area contributed by atoms with Gasteiger partial charge in [0.25, 0.3) is 0 Å². The van der Waals surface area contributed by atoms with Gasteiger partial charge in [0, 0.05) is 32.7 Å². The Morgan fingerprint density at radius 1 is 1.40 bits per heavy atom. The molecule has 0 heterocycles. The standard InChI is InChI=1S/C4H11O4P.Y/c1-4(2,3)9(6,7)8-5;/h5H,1-3H3,(H,6,7);. The fraction of sp³-hybridized carbons (Fsp3) is 1.00. The predicted octanol–water partition coefficient (Wildman–Crippen LogP) is 1.46. The van der Waals surface area contributed by atoms with E-state index in [1.807, 2.05) is 0 Å². The van der Waals surface area contributed by atoms with Crippen molar-refractivity contribution in [2.75, 3.05) is 0 Å². The molecule has 0 saturated heterocycles. The van der Waals surface area contributed by atoms with Gasteiger partial charge in [0.15, 0.2) is 0 Å². The van der Waals surface area contributed by atoms with E-state index in [4.69, 9.17) is 10.2 Å². The molecule has 0 spiro atoms. The van der Waals surface area contributed by atoms with E-state index in [-0.39, 0.29) is 32.7 Å². The third-order valence-electron chi connectivity index (χ3n) is 0.958. The maximum Gasteiger partial charge on any atom is 0.360 e. The van der Waals surface area contributed by atoms with E-state index in [1.165, 1.54) is 20.8 Å². The minimum absolute atomic E-state index is 0. The molecule has 0 rings (SSSR count). The van der Waals surface area contributed by atoms with E-state index < -0.39 is 12.8 Å². The molecule has 0 aromatic rings. The molecule has 0 aliphatic carbocycles. The zero-order chi connectivity index (χ0) is 7.71. The summed E-state index contributed by atoms with van der Waals surface area (Å²) in [7, 11) is -3.80. The SMILES string of the molecule is CC(C)(C)P(=O)(O)OO.[Y]. The van der Waals surface area contributed by atoms with E-state index in [2.05, 4.69) is 4.67 Å². The minimum Gasteiger partial charge on any atom is -0.322 e. The maximum absolute atomic E-state index is 10.7. The topological polar surface area (TPSA) is 66.8 Å². The average molecular weight is 243 g/mol. The Hall–Kier alpha value is 1.21. The summed E-state index contributed by atoms with van der Waals surface area (Å²) < 4.78 is 14.1. The van der Waals surface area contributed by atoms with Gasteiger partial charge in [-0.15, -0.1) is 0 Å². The van der Waals surface area contributed by atoms with E-state index in [1.54, 1.807) is 0 Å². The van der Waals surface area contributed by atoms with Gasteiger partial charge in [-0.25, -0.2) is 5.26 Å². The van der Waals surface area contributed by atoms with Crippen LogP contribution in [0.3, 0.4) is 0 Å². The van der Waals surface area contributed by atoms with Crippen LogP contribution in [0.2, 0.25) is 0 Å². The van der Waals surface area contributed by atoms with Gasteiger partial charge < -0.3 is 4.89 Å². The molecular formula is C4H11O4PY. The van der Waals surface area contributed by atoms with Crippen molar-refractivity contribution >= 4 is 7.60 Å². The van der Waals surface area contributed by atoms with Gasteiger partial charge >= 0.3 is 7.60 Å². The van der Waals surface area contributed by atoms with Gasteiger partial charge in [-0.1, -0.05) is 0 Å². The Morgan fingerprint density at radius 3 is 1.70 bits per heavy atom. The van der Waals surface area contributed by atoms with Crippen molar-refractivity contribution in [1.29, 1.82) is 0 Å². The van der Waals surface area contributed by atoms with Crippen LogP contribution in [0.1, 0.15) is 20.8 Å². The second-order valence-electron chi connectivity index (χ2n) is 2.77. The van der Waals surface area contributed by atoms with E-state index in [0.717, 1.165) is 0 Å². The van der Waals surface area contributed by atoms with Crippen molar-refractivity contribution in [2.24, 2.45) is 0 Å². The van der Waals surface area contributed by atoms with Gasteiger partial charge in [0.2, 0.25) is 0 Å². The summed E-state index contributed by atoms with van der Waals surface area (Å²) in [5.41, 5.74) is 0. The second-order valence-corrected chi connectivity index (χ2v) is 5.32.